The number of hydrogen-bond donors (Lipinski definition) is 1. The van der Waals surface area contributed by atoms with Crippen LogP contribution in [0.4, 0.5) is 4.79 Å². The van der Waals surface area contributed by atoms with Crippen LogP contribution in [0.5, 0.6) is 0 Å². The summed E-state index contributed by atoms with van der Waals surface area (Å²) in [4.78, 5) is 11.6. The Balaban J connectivity index is 3.80. The average molecular weight is 145 g/mol. The molecule has 60 valence electrons. The van der Waals surface area contributed by atoms with Gasteiger partial charge in [-0.15, -0.1) is 0 Å². The minimum Gasteiger partial charge on any atom is -0.465 e. The smallest absolute Gasteiger partial charge is 0.407 e. The highest BCUT2D eigenvalue weighted by molar-refractivity contribution is 5.64. The van der Waals surface area contributed by atoms with Gasteiger partial charge in [-0.05, 0) is 5.41 Å². The van der Waals surface area contributed by atoms with Crippen molar-refractivity contribution in [3.8, 4) is 0 Å². The van der Waals surface area contributed by atoms with E-state index < -0.39 is 6.09 Å². The van der Waals surface area contributed by atoms with Gasteiger partial charge in [0.25, 0.3) is 0 Å². The van der Waals surface area contributed by atoms with Crippen molar-refractivity contribution in [2.24, 2.45) is 5.41 Å². The molecule has 1 N–H and O–H groups in total. The molecule has 0 aromatic rings. The third-order valence-corrected chi connectivity index (χ3v) is 1.04. The fourth-order valence-corrected chi connectivity index (χ4v) is 0.779. The van der Waals surface area contributed by atoms with Crippen LogP contribution in [0.3, 0.4) is 0 Å². The van der Waals surface area contributed by atoms with Crippen LogP contribution in [0.25, 0.3) is 0 Å². The van der Waals surface area contributed by atoms with Gasteiger partial charge in [0.1, 0.15) is 0 Å². The maximum atomic E-state index is 10.3. The van der Waals surface area contributed by atoms with Crippen LogP contribution in [-0.2, 0) is 0 Å². The minimum atomic E-state index is -0.866. The van der Waals surface area contributed by atoms with E-state index in [2.05, 4.69) is 0 Å². The van der Waals surface area contributed by atoms with Crippen LogP contribution in [0, 0.1) is 5.41 Å². The number of carboxylic acid groups (broad SMARTS) is 1. The first-order chi connectivity index (χ1) is 4.33. The molecule has 0 spiro atoms. The van der Waals surface area contributed by atoms with Gasteiger partial charge >= 0.3 is 6.09 Å². The molecule has 0 aliphatic rings. The van der Waals surface area contributed by atoms with Gasteiger partial charge in [-0.1, -0.05) is 20.8 Å². The van der Waals surface area contributed by atoms with Crippen molar-refractivity contribution in [1.82, 2.24) is 4.90 Å². The van der Waals surface area contributed by atoms with Gasteiger partial charge in [0, 0.05) is 13.6 Å². The Hall–Kier alpha value is -0.730. The van der Waals surface area contributed by atoms with E-state index >= 15 is 0 Å². The third kappa shape index (κ3) is 4.18. The molecule has 0 aromatic carbocycles. The molecule has 3 nitrogen and oxygen atoms in total. The van der Waals surface area contributed by atoms with Crippen LogP contribution >= 0.6 is 0 Å². The molecular formula is C7H15NO2. The first-order valence-corrected chi connectivity index (χ1v) is 3.27. The normalized spacial score (nSPS) is 11.2. The van der Waals surface area contributed by atoms with Gasteiger partial charge in [-0.3, -0.25) is 0 Å². The standard InChI is InChI=1S/C7H15NO2/c1-7(2,3)5-8(4)6(9)10/h5H2,1-4H3,(H,9,10). The van der Waals surface area contributed by atoms with E-state index in [0.717, 1.165) is 0 Å². The fraction of sp³-hybridized carbons (Fsp3) is 0.857. The quantitative estimate of drug-likeness (QED) is 0.609. The fourth-order valence-electron chi connectivity index (χ4n) is 0.779. The van der Waals surface area contributed by atoms with E-state index in [-0.39, 0.29) is 5.41 Å². The maximum Gasteiger partial charge on any atom is 0.407 e. The zero-order valence-electron chi connectivity index (χ0n) is 7.01. The monoisotopic (exact) mass is 145 g/mol. The highest BCUT2D eigenvalue weighted by Crippen LogP contribution is 2.13. The molecule has 0 aliphatic carbocycles. The zero-order valence-corrected chi connectivity index (χ0v) is 7.01. The highest BCUT2D eigenvalue weighted by Gasteiger charge is 2.15. The largest absolute Gasteiger partial charge is 0.465 e. The third-order valence-electron chi connectivity index (χ3n) is 1.04. The van der Waals surface area contributed by atoms with Crippen molar-refractivity contribution in [3.05, 3.63) is 0 Å². The molecule has 0 unspecified atom stereocenters. The second-order valence-corrected chi connectivity index (χ2v) is 3.70. The summed E-state index contributed by atoms with van der Waals surface area (Å²) in [5.41, 5.74) is 0.0488. The lowest BCUT2D eigenvalue weighted by Gasteiger charge is -2.23. The Kier molecular flexibility index (Phi) is 2.69. The van der Waals surface area contributed by atoms with E-state index in [1.165, 1.54) is 4.90 Å². The summed E-state index contributed by atoms with van der Waals surface area (Å²) >= 11 is 0. The molecule has 0 saturated carbocycles. The minimum absolute atomic E-state index is 0.0488. The van der Waals surface area contributed by atoms with Gasteiger partial charge < -0.3 is 10.0 Å². The summed E-state index contributed by atoms with van der Waals surface area (Å²) in [5.74, 6) is 0. The molecule has 0 radical (unpaired) electrons. The molecule has 0 aromatic heterocycles. The van der Waals surface area contributed by atoms with Crippen molar-refractivity contribution in [1.29, 1.82) is 0 Å². The first kappa shape index (κ1) is 9.27. The number of carbonyl (C=O) groups is 1. The van der Waals surface area contributed by atoms with Crippen molar-refractivity contribution < 1.29 is 9.90 Å². The molecule has 0 saturated heterocycles. The second kappa shape index (κ2) is 2.90. The van der Waals surface area contributed by atoms with E-state index in [9.17, 15) is 4.79 Å². The SMILES string of the molecule is CN(CC(C)(C)C)C(=O)O. The van der Waals surface area contributed by atoms with Gasteiger partial charge in [-0.25, -0.2) is 4.79 Å². The summed E-state index contributed by atoms with van der Waals surface area (Å²) in [5, 5.41) is 8.47. The second-order valence-electron chi connectivity index (χ2n) is 3.70. The van der Waals surface area contributed by atoms with Crippen molar-refractivity contribution in [2.75, 3.05) is 13.6 Å². The van der Waals surface area contributed by atoms with Crippen LogP contribution in [0.1, 0.15) is 20.8 Å². The van der Waals surface area contributed by atoms with Gasteiger partial charge in [0.05, 0.1) is 0 Å². The highest BCUT2D eigenvalue weighted by atomic mass is 16.4. The zero-order chi connectivity index (χ0) is 8.36. The molecule has 1 amide bonds. The Morgan fingerprint density at radius 3 is 2.00 bits per heavy atom. The molecule has 0 fully saturated rings. The Labute approximate surface area is 61.6 Å². The van der Waals surface area contributed by atoms with Crippen LogP contribution < -0.4 is 0 Å². The van der Waals surface area contributed by atoms with E-state index in [4.69, 9.17) is 5.11 Å². The van der Waals surface area contributed by atoms with E-state index in [1.54, 1.807) is 7.05 Å². The predicted octanol–water partition coefficient (Wildman–Crippen LogP) is 1.64. The summed E-state index contributed by atoms with van der Waals surface area (Å²) in [6.07, 6.45) is -0.866. The van der Waals surface area contributed by atoms with Crippen LogP contribution in [-0.4, -0.2) is 29.7 Å². The molecule has 0 aliphatic heterocycles. The summed E-state index contributed by atoms with van der Waals surface area (Å²) < 4.78 is 0. The predicted molar refractivity (Wildman–Crippen MR) is 40.1 cm³/mol. The van der Waals surface area contributed by atoms with Crippen LogP contribution in [0.15, 0.2) is 0 Å². The summed E-state index contributed by atoms with van der Waals surface area (Å²) in [7, 11) is 1.58. The molecular weight excluding hydrogens is 130 g/mol. The molecule has 0 heterocycles. The first-order valence-electron chi connectivity index (χ1n) is 3.27. The lowest BCUT2D eigenvalue weighted by Crippen LogP contribution is -2.33. The van der Waals surface area contributed by atoms with Crippen molar-refractivity contribution in [3.63, 3.8) is 0 Å². The topological polar surface area (TPSA) is 40.5 Å². The summed E-state index contributed by atoms with van der Waals surface area (Å²) in [6.45, 7) is 6.59. The molecule has 0 rings (SSSR count). The van der Waals surface area contributed by atoms with Gasteiger partial charge in [0.2, 0.25) is 0 Å². The molecule has 10 heavy (non-hydrogen) atoms. The number of rotatable bonds is 1. The molecule has 0 bridgehead atoms. The van der Waals surface area contributed by atoms with Crippen molar-refractivity contribution in [2.45, 2.75) is 20.8 Å². The average Bonchev–Trinajstić information content (AvgIpc) is 1.60. The van der Waals surface area contributed by atoms with Crippen molar-refractivity contribution >= 4 is 6.09 Å². The number of amides is 1. The Bertz CT molecular complexity index is 126. The number of hydrogen-bond acceptors (Lipinski definition) is 1. The number of nitrogens with zero attached hydrogens (tertiary/aromatic N) is 1. The lowest BCUT2D eigenvalue weighted by molar-refractivity contribution is 0.139. The molecule has 3 heteroatoms. The van der Waals surface area contributed by atoms with Crippen LogP contribution in [0.2, 0.25) is 0 Å². The summed E-state index contributed by atoms with van der Waals surface area (Å²) in [6, 6.07) is 0. The Morgan fingerprint density at radius 2 is 1.90 bits per heavy atom. The van der Waals surface area contributed by atoms with E-state index in [0.29, 0.717) is 6.54 Å². The lowest BCUT2D eigenvalue weighted by atomic mass is 9.96. The van der Waals surface area contributed by atoms with Gasteiger partial charge in [0.15, 0.2) is 0 Å². The van der Waals surface area contributed by atoms with E-state index in [1.807, 2.05) is 20.8 Å². The molecule has 0 atom stereocenters. The maximum absolute atomic E-state index is 10.3. The Morgan fingerprint density at radius 1 is 1.50 bits per heavy atom. The van der Waals surface area contributed by atoms with Gasteiger partial charge in [-0.2, -0.15) is 0 Å².